The van der Waals surface area contributed by atoms with E-state index in [-0.39, 0.29) is 28.9 Å². The van der Waals surface area contributed by atoms with Crippen molar-refractivity contribution in [3.8, 4) is 0 Å². The highest BCUT2D eigenvalue weighted by Crippen LogP contribution is 2.41. The summed E-state index contributed by atoms with van der Waals surface area (Å²) in [6.45, 7) is 9.08. The average Bonchev–Trinajstić information content (AvgIpc) is 3.94. The number of amides is 2. The Labute approximate surface area is 339 Å². The van der Waals surface area contributed by atoms with Gasteiger partial charge in [-0.15, -0.1) is 46.4 Å². The van der Waals surface area contributed by atoms with Gasteiger partial charge < -0.3 is 31.9 Å². The summed E-state index contributed by atoms with van der Waals surface area (Å²) in [4.78, 5) is 28.2. The molecule has 54 heavy (non-hydrogen) atoms. The number of nitrogens with two attached hydrogens (primary N) is 1. The van der Waals surface area contributed by atoms with Gasteiger partial charge in [-0.3, -0.25) is 0 Å². The summed E-state index contributed by atoms with van der Waals surface area (Å²) >= 11 is 20.2. The smallest absolute Gasteiger partial charge is 0.315 e. The number of urea groups is 1. The second kappa shape index (κ2) is 25.7. The molecule has 0 spiro atoms. The van der Waals surface area contributed by atoms with Crippen molar-refractivity contribution in [1.29, 1.82) is 0 Å². The third-order valence-corrected chi connectivity index (χ3v) is 9.70. The third kappa shape index (κ3) is 14.4. The van der Waals surface area contributed by atoms with Crippen LogP contribution in [0.2, 0.25) is 0 Å². The zero-order chi connectivity index (χ0) is 38.6. The minimum Gasteiger partial charge on any atom is -0.463 e. The van der Waals surface area contributed by atoms with Crippen LogP contribution in [0.5, 0.6) is 0 Å². The number of rotatable bonds is 6. The van der Waals surface area contributed by atoms with Gasteiger partial charge in [-0.25, -0.2) is 19.6 Å². The molecule has 14 heteroatoms. The number of fused-ring (bicyclic) bond motifs is 3. The van der Waals surface area contributed by atoms with Crippen molar-refractivity contribution in [3.05, 3.63) is 106 Å². The number of benzene rings is 3. The molecule has 7 rings (SSSR count). The largest absolute Gasteiger partial charge is 0.463 e. The quantitative estimate of drug-likeness (QED) is 0.112. The van der Waals surface area contributed by atoms with Crippen molar-refractivity contribution in [1.82, 2.24) is 16.0 Å². The first kappa shape index (κ1) is 46.8. The lowest BCUT2D eigenvalue weighted by Crippen LogP contribution is -2.38. The van der Waals surface area contributed by atoms with Gasteiger partial charge in [0.25, 0.3) is 6.02 Å². The fourth-order valence-corrected chi connectivity index (χ4v) is 7.18. The van der Waals surface area contributed by atoms with Gasteiger partial charge in [0.15, 0.2) is 0 Å². The van der Waals surface area contributed by atoms with Crippen molar-refractivity contribution < 1.29 is 19.8 Å². The highest BCUT2D eigenvalue weighted by molar-refractivity contribution is 6.40. The standard InChI is InChI=1S/C13H17ClN2O.C13H16N2O.C10H13N.C3H4ClNO.CH2Cl2.H2O/c1-9-8-12(16-13(17)15-7-6-14)11-5-3-2-4-10(9)11;1-9-8-12(15-13-14-6-7-16-13)11-5-3-2-4-10(9)11;1-7-6-10(11)9-5-3-2-4-8(7)9;4-1-2-5-3-6;2-1-3;/h2-5,9,12H,6-8H2,1H3,(H2,15,16,17);2-5,9,12H,6-8H2,1H3,(H,14,15);2-5,7,10H,6,11H2,1H3;1-2H2;1H2;1H2. The van der Waals surface area contributed by atoms with E-state index in [0.717, 1.165) is 25.8 Å². The molecule has 296 valence electrons. The summed E-state index contributed by atoms with van der Waals surface area (Å²) in [6, 6.07) is 26.8. The number of aliphatic imine (C=N–C) groups is 2. The van der Waals surface area contributed by atoms with Gasteiger partial charge in [-0.2, -0.15) is 0 Å². The molecule has 4 aliphatic rings. The molecule has 0 bridgehead atoms. The van der Waals surface area contributed by atoms with E-state index in [2.05, 4.69) is 107 Å². The van der Waals surface area contributed by atoms with Gasteiger partial charge >= 0.3 is 6.03 Å². The molecular weight excluding hydrogens is 770 g/mol. The van der Waals surface area contributed by atoms with E-state index in [4.69, 9.17) is 56.9 Å². The van der Waals surface area contributed by atoms with Gasteiger partial charge in [-0.1, -0.05) is 93.6 Å². The zero-order valence-electron chi connectivity index (χ0n) is 31.2. The number of halogens is 4. The van der Waals surface area contributed by atoms with Crippen molar-refractivity contribution >= 4 is 64.5 Å². The number of carbonyl (C=O) groups is 1. The molecule has 3 aromatic carbocycles. The van der Waals surface area contributed by atoms with E-state index in [1.165, 1.54) is 39.5 Å². The first-order chi connectivity index (χ1) is 25.7. The molecule has 3 aliphatic carbocycles. The summed E-state index contributed by atoms with van der Waals surface area (Å²) in [5, 5.41) is 9.30. The Morgan fingerprint density at radius 1 is 0.796 bits per heavy atom. The number of isocyanates is 1. The van der Waals surface area contributed by atoms with E-state index in [9.17, 15) is 9.59 Å². The minimum atomic E-state index is -0.139. The predicted molar refractivity (Wildman–Crippen MR) is 223 cm³/mol. The van der Waals surface area contributed by atoms with Crippen LogP contribution in [0, 0.1) is 0 Å². The van der Waals surface area contributed by atoms with Gasteiger partial charge in [0.1, 0.15) is 6.61 Å². The number of nitrogens with zero attached hydrogens (tertiary/aromatic N) is 2. The van der Waals surface area contributed by atoms with Crippen LogP contribution in [-0.2, 0) is 9.53 Å². The minimum absolute atomic E-state index is 0. The Bertz CT molecular complexity index is 1620. The fourth-order valence-electron chi connectivity index (χ4n) is 7.00. The Kier molecular flexibility index (Phi) is 22.3. The number of hydrogen-bond acceptors (Lipinski definition) is 7. The number of amidine groups is 1. The Hall–Kier alpha value is -3.34. The number of carbonyl (C=O) groups excluding carboxylic acids is 2. The molecule has 1 heterocycles. The number of ether oxygens (including phenoxy) is 1. The third-order valence-electron chi connectivity index (χ3n) is 9.35. The van der Waals surface area contributed by atoms with Gasteiger partial charge in [0.2, 0.25) is 6.08 Å². The van der Waals surface area contributed by atoms with E-state index >= 15 is 0 Å². The molecule has 10 nitrogen and oxygen atoms in total. The summed E-state index contributed by atoms with van der Waals surface area (Å²) in [6.07, 6.45) is 4.56. The number of nitrogens with one attached hydrogen (secondary N) is 3. The van der Waals surface area contributed by atoms with Gasteiger partial charge in [-0.05, 0) is 70.4 Å². The molecule has 6 unspecified atom stereocenters. The molecule has 6 atom stereocenters. The summed E-state index contributed by atoms with van der Waals surface area (Å²) < 4.78 is 5.40. The van der Waals surface area contributed by atoms with Crippen LogP contribution in [0.3, 0.4) is 0 Å². The highest BCUT2D eigenvalue weighted by atomic mass is 35.5. The first-order valence-electron chi connectivity index (χ1n) is 18.0. The molecule has 1 aliphatic heterocycles. The monoisotopic (exact) mass is 822 g/mol. The maximum absolute atomic E-state index is 11.6. The molecule has 0 aromatic heterocycles. The van der Waals surface area contributed by atoms with E-state index < -0.39 is 0 Å². The first-order valence-corrected chi connectivity index (χ1v) is 20.1. The lowest BCUT2D eigenvalue weighted by molar-refractivity contribution is 0.237. The highest BCUT2D eigenvalue weighted by Gasteiger charge is 2.30. The Morgan fingerprint density at radius 3 is 1.74 bits per heavy atom. The summed E-state index contributed by atoms with van der Waals surface area (Å²) in [5.41, 5.74) is 14.2. The van der Waals surface area contributed by atoms with Crippen molar-refractivity contribution in [3.63, 3.8) is 0 Å². The lowest BCUT2D eigenvalue weighted by atomic mass is 10.0. The summed E-state index contributed by atoms with van der Waals surface area (Å²) in [7, 11) is 0. The van der Waals surface area contributed by atoms with Crippen LogP contribution in [0.25, 0.3) is 0 Å². The molecule has 3 aromatic rings. The van der Waals surface area contributed by atoms with E-state index in [1.54, 1.807) is 0 Å². The van der Waals surface area contributed by atoms with E-state index in [1.807, 2.05) is 12.1 Å². The maximum Gasteiger partial charge on any atom is 0.315 e. The second-order valence-corrected chi connectivity index (χ2v) is 14.6. The zero-order valence-corrected chi connectivity index (χ0v) is 34.2. The molecular formula is C40H54Cl4N6O4. The Balaban J connectivity index is 0.000000253. The summed E-state index contributed by atoms with van der Waals surface area (Å²) in [5.74, 6) is 2.61. The lowest BCUT2D eigenvalue weighted by Gasteiger charge is -2.14. The van der Waals surface area contributed by atoms with Crippen LogP contribution < -0.4 is 21.7 Å². The molecule has 2 amide bonds. The van der Waals surface area contributed by atoms with Crippen LogP contribution in [0.15, 0.2) is 82.8 Å². The van der Waals surface area contributed by atoms with Crippen LogP contribution in [-0.4, -0.2) is 66.9 Å². The SMILES string of the molecule is CC1CC(N)c2ccccc21.CC1CC(NC(=O)NCCCl)c2ccccc21.CC1CC(NC2=NCCO2)c2ccccc21.ClCCl.O.O=C=NCCCl. The van der Waals surface area contributed by atoms with Crippen LogP contribution in [0.4, 0.5) is 4.79 Å². The van der Waals surface area contributed by atoms with Crippen molar-refractivity contribution in [2.75, 3.05) is 43.3 Å². The average molecular weight is 825 g/mol. The Morgan fingerprint density at radius 2 is 1.28 bits per heavy atom. The van der Waals surface area contributed by atoms with Crippen LogP contribution >= 0.6 is 46.4 Å². The molecule has 0 saturated heterocycles. The number of alkyl halides is 4. The van der Waals surface area contributed by atoms with E-state index in [0.29, 0.717) is 61.3 Å². The normalized spacial score (nSPS) is 21.9. The maximum atomic E-state index is 11.6. The molecule has 0 radical (unpaired) electrons. The fraction of sp³-hybridized carbons (Fsp3) is 0.475. The van der Waals surface area contributed by atoms with Crippen LogP contribution in [0.1, 0.15) is 109 Å². The molecule has 0 saturated carbocycles. The van der Waals surface area contributed by atoms with Crippen molar-refractivity contribution in [2.45, 2.75) is 75.9 Å². The number of hydrogen-bond donors (Lipinski definition) is 4. The predicted octanol–water partition coefficient (Wildman–Crippen LogP) is 8.34. The second-order valence-electron chi connectivity index (χ2n) is 13.0. The topological polar surface area (TPSA) is 162 Å². The van der Waals surface area contributed by atoms with Gasteiger partial charge in [0, 0.05) is 24.3 Å². The van der Waals surface area contributed by atoms with Crippen molar-refractivity contribution in [2.24, 2.45) is 15.7 Å². The van der Waals surface area contributed by atoms with Gasteiger partial charge in [0.05, 0.1) is 30.5 Å². The molecule has 7 N–H and O–H groups in total. The molecule has 0 fully saturated rings.